The lowest BCUT2D eigenvalue weighted by Gasteiger charge is -2.20. The first kappa shape index (κ1) is 16.0. The van der Waals surface area contributed by atoms with Gasteiger partial charge in [0.1, 0.15) is 0 Å². The number of hydrogen-bond acceptors (Lipinski definition) is 0. The van der Waals surface area contributed by atoms with Crippen LogP contribution in [-0.4, -0.2) is 0 Å². The lowest BCUT2D eigenvalue weighted by molar-refractivity contribution is 0.323. The number of rotatable bonds is 10. The van der Waals surface area contributed by atoms with Crippen molar-refractivity contribution in [3.05, 3.63) is 0 Å². The first-order chi connectivity index (χ1) is 7.60. The monoisotopic (exact) mass is 226 g/mol. The van der Waals surface area contributed by atoms with Crippen LogP contribution in [0.15, 0.2) is 0 Å². The zero-order chi connectivity index (χ0) is 12.4. The number of hydrogen-bond donors (Lipinski definition) is 0. The highest BCUT2D eigenvalue weighted by Crippen LogP contribution is 2.25. The molecule has 0 bridgehead atoms. The van der Waals surface area contributed by atoms with Crippen LogP contribution in [0, 0.1) is 17.8 Å². The van der Waals surface area contributed by atoms with E-state index in [4.69, 9.17) is 0 Å². The Kier molecular flexibility index (Phi) is 10.2. The van der Waals surface area contributed by atoms with Crippen LogP contribution in [0.3, 0.4) is 0 Å². The van der Waals surface area contributed by atoms with Crippen molar-refractivity contribution in [2.24, 2.45) is 17.8 Å². The first-order valence-electron chi connectivity index (χ1n) is 7.60. The Morgan fingerprint density at radius 1 is 0.750 bits per heavy atom. The normalized spacial score (nSPS) is 13.7. The summed E-state index contributed by atoms with van der Waals surface area (Å²) in [5.74, 6) is 2.83. The Morgan fingerprint density at radius 2 is 1.31 bits per heavy atom. The fourth-order valence-corrected chi connectivity index (χ4v) is 2.76. The molecule has 0 aromatic heterocycles. The van der Waals surface area contributed by atoms with Crippen LogP contribution in [0.4, 0.5) is 0 Å². The summed E-state index contributed by atoms with van der Waals surface area (Å²) in [6.07, 6.45) is 11.4. The van der Waals surface area contributed by atoms with Gasteiger partial charge in [-0.15, -0.1) is 0 Å². The molecule has 0 radical (unpaired) electrons. The van der Waals surface area contributed by atoms with Crippen molar-refractivity contribution in [2.45, 2.75) is 86.0 Å². The third-order valence-corrected chi connectivity index (χ3v) is 3.61. The van der Waals surface area contributed by atoms with Gasteiger partial charge in [0, 0.05) is 0 Å². The topological polar surface area (TPSA) is 0 Å². The van der Waals surface area contributed by atoms with Gasteiger partial charge in [-0.2, -0.15) is 0 Å². The zero-order valence-corrected chi connectivity index (χ0v) is 12.4. The highest BCUT2D eigenvalue weighted by Gasteiger charge is 2.11. The third kappa shape index (κ3) is 9.24. The van der Waals surface area contributed by atoms with E-state index in [1.165, 1.54) is 51.4 Å². The van der Waals surface area contributed by atoms with Gasteiger partial charge in [-0.25, -0.2) is 0 Å². The Balaban J connectivity index is 3.67. The molecular formula is C16H34. The molecule has 0 heterocycles. The summed E-state index contributed by atoms with van der Waals surface area (Å²) >= 11 is 0. The van der Waals surface area contributed by atoms with Crippen molar-refractivity contribution < 1.29 is 0 Å². The molecule has 0 spiro atoms. The highest BCUT2D eigenvalue weighted by molar-refractivity contribution is 4.64. The summed E-state index contributed by atoms with van der Waals surface area (Å²) in [6, 6.07) is 0. The van der Waals surface area contributed by atoms with Crippen LogP contribution in [0.5, 0.6) is 0 Å². The minimum atomic E-state index is 0.884. The van der Waals surface area contributed by atoms with Gasteiger partial charge < -0.3 is 0 Å². The van der Waals surface area contributed by atoms with E-state index in [-0.39, 0.29) is 0 Å². The molecule has 0 aromatic rings. The zero-order valence-electron chi connectivity index (χ0n) is 12.4. The summed E-state index contributed by atoms with van der Waals surface area (Å²) in [6.45, 7) is 11.8. The van der Waals surface area contributed by atoms with Crippen molar-refractivity contribution in [3.63, 3.8) is 0 Å². The fraction of sp³-hybridized carbons (Fsp3) is 1.00. The van der Waals surface area contributed by atoms with E-state index >= 15 is 0 Å². The summed E-state index contributed by atoms with van der Waals surface area (Å²) in [4.78, 5) is 0. The van der Waals surface area contributed by atoms with E-state index in [2.05, 4.69) is 34.6 Å². The maximum absolute atomic E-state index is 2.46. The molecule has 16 heavy (non-hydrogen) atoms. The van der Waals surface area contributed by atoms with Gasteiger partial charge in [-0.1, -0.05) is 79.6 Å². The summed E-state index contributed by atoms with van der Waals surface area (Å²) < 4.78 is 0. The molecule has 0 aliphatic rings. The molecule has 0 saturated heterocycles. The predicted octanol–water partition coefficient (Wildman–Crippen LogP) is 6.06. The van der Waals surface area contributed by atoms with Crippen molar-refractivity contribution in [1.82, 2.24) is 0 Å². The average molecular weight is 226 g/mol. The van der Waals surface area contributed by atoms with E-state index in [0.717, 1.165) is 17.8 Å². The summed E-state index contributed by atoms with van der Waals surface area (Å²) in [5.41, 5.74) is 0. The molecule has 0 fully saturated rings. The molecule has 0 aliphatic carbocycles. The molecule has 1 atom stereocenters. The van der Waals surface area contributed by atoms with Gasteiger partial charge in [0.25, 0.3) is 0 Å². The first-order valence-corrected chi connectivity index (χ1v) is 7.60. The third-order valence-electron chi connectivity index (χ3n) is 3.61. The van der Waals surface area contributed by atoms with Gasteiger partial charge >= 0.3 is 0 Å². The van der Waals surface area contributed by atoms with Gasteiger partial charge in [0.15, 0.2) is 0 Å². The van der Waals surface area contributed by atoms with Crippen LogP contribution >= 0.6 is 0 Å². The second kappa shape index (κ2) is 10.2. The molecule has 0 aromatic carbocycles. The standard InChI is InChI=1S/C16H34/c1-6-9-16(10-7-2)13-15(5)12-8-11-14(3)4/h14-16H,6-13H2,1-5H3. The van der Waals surface area contributed by atoms with Gasteiger partial charge in [-0.3, -0.25) is 0 Å². The molecular weight excluding hydrogens is 192 g/mol. The second-order valence-corrected chi connectivity index (χ2v) is 6.11. The van der Waals surface area contributed by atoms with Crippen LogP contribution < -0.4 is 0 Å². The van der Waals surface area contributed by atoms with Crippen LogP contribution in [0.1, 0.15) is 86.0 Å². The summed E-state index contributed by atoms with van der Waals surface area (Å²) in [5, 5.41) is 0. The quantitative estimate of drug-likeness (QED) is 0.425. The largest absolute Gasteiger partial charge is 0.0654 e. The molecule has 0 heteroatoms. The van der Waals surface area contributed by atoms with E-state index in [1.54, 1.807) is 0 Å². The molecule has 98 valence electrons. The van der Waals surface area contributed by atoms with Crippen LogP contribution in [-0.2, 0) is 0 Å². The molecule has 0 amide bonds. The lowest BCUT2D eigenvalue weighted by Crippen LogP contribution is -2.07. The van der Waals surface area contributed by atoms with E-state index < -0.39 is 0 Å². The molecule has 0 rings (SSSR count). The Hall–Kier alpha value is 0. The summed E-state index contributed by atoms with van der Waals surface area (Å²) in [7, 11) is 0. The SMILES string of the molecule is CCCC(CCC)CC(C)CCCC(C)C. The molecule has 0 nitrogen and oxygen atoms in total. The Bertz CT molecular complexity index is 131. The van der Waals surface area contributed by atoms with Crippen LogP contribution in [0.2, 0.25) is 0 Å². The van der Waals surface area contributed by atoms with Crippen molar-refractivity contribution in [3.8, 4) is 0 Å². The lowest BCUT2D eigenvalue weighted by atomic mass is 9.86. The van der Waals surface area contributed by atoms with Crippen molar-refractivity contribution >= 4 is 0 Å². The Labute approximate surface area is 104 Å². The van der Waals surface area contributed by atoms with Crippen molar-refractivity contribution in [1.29, 1.82) is 0 Å². The molecule has 0 N–H and O–H groups in total. The van der Waals surface area contributed by atoms with E-state index in [9.17, 15) is 0 Å². The van der Waals surface area contributed by atoms with Gasteiger partial charge in [0.05, 0.1) is 0 Å². The maximum Gasteiger partial charge on any atom is -0.0412 e. The Morgan fingerprint density at radius 3 is 1.75 bits per heavy atom. The minimum Gasteiger partial charge on any atom is -0.0654 e. The van der Waals surface area contributed by atoms with Crippen LogP contribution in [0.25, 0.3) is 0 Å². The predicted molar refractivity (Wildman–Crippen MR) is 75.8 cm³/mol. The minimum absolute atomic E-state index is 0.884. The molecule has 0 aliphatic heterocycles. The van der Waals surface area contributed by atoms with Crippen molar-refractivity contribution in [2.75, 3.05) is 0 Å². The molecule has 0 saturated carbocycles. The molecule has 1 unspecified atom stereocenters. The maximum atomic E-state index is 2.46. The highest BCUT2D eigenvalue weighted by atomic mass is 14.2. The van der Waals surface area contributed by atoms with E-state index in [1.807, 2.05) is 0 Å². The van der Waals surface area contributed by atoms with Gasteiger partial charge in [-0.05, 0) is 24.2 Å². The second-order valence-electron chi connectivity index (χ2n) is 6.11. The fourth-order valence-electron chi connectivity index (χ4n) is 2.76. The van der Waals surface area contributed by atoms with E-state index in [0.29, 0.717) is 0 Å². The average Bonchev–Trinajstić information content (AvgIpc) is 2.17. The smallest absolute Gasteiger partial charge is 0.0412 e. The van der Waals surface area contributed by atoms with Gasteiger partial charge in [0.2, 0.25) is 0 Å².